The Morgan fingerprint density at radius 3 is 1.83 bits per heavy atom. The van der Waals surface area contributed by atoms with Crippen LogP contribution in [0.4, 0.5) is 0 Å². The molecular weight excluding hydrogens is 216 g/mol. The largest absolute Gasteiger partial charge is 0.0602 e. The van der Waals surface area contributed by atoms with Crippen LogP contribution in [-0.2, 0) is 0 Å². The molecular formula is C18H30. The highest BCUT2D eigenvalue weighted by molar-refractivity contribution is 5.33. The second-order valence-corrected chi connectivity index (χ2v) is 8.03. The predicted molar refractivity (Wildman–Crippen MR) is 82.2 cm³/mol. The fraction of sp³-hybridized carbons (Fsp3) is 0.667. The smallest absolute Gasteiger partial charge is 0.0108 e. The first-order chi connectivity index (χ1) is 8.00. The third-order valence-corrected chi connectivity index (χ3v) is 3.80. The van der Waals surface area contributed by atoms with Crippen LogP contribution < -0.4 is 0 Å². The maximum Gasteiger partial charge on any atom is -0.0108 e. The van der Waals surface area contributed by atoms with Crippen LogP contribution in [-0.4, -0.2) is 0 Å². The zero-order chi connectivity index (χ0) is 14.1. The Labute approximate surface area is 114 Å². The van der Waals surface area contributed by atoms with Gasteiger partial charge in [0, 0.05) is 0 Å². The minimum Gasteiger partial charge on any atom is -0.0602 e. The highest BCUT2D eigenvalue weighted by atomic mass is 14.3. The quantitative estimate of drug-likeness (QED) is 0.612. The first kappa shape index (κ1) is 15.3. The molecule has 0 aliphatic carbocycles. The summed E-state index contributed by atoms with van der Waals surface area (Å²) in [6, 6.07) is 6.98. The zero-order valence-corrected chi connectivity index (χ0v) is 13.5. The van der Waals surface area contributed by atoms with Crippen LogP contribution in [0, 0.1) is 24.7 Å². The molecule has 0 heterocycles. The first-order valence-corrected chi connectivity index (χ1v) is 7.08. The molecule has 0 nitrogen and oxygen atoms in total. The Bertz CT molecular complexity index is 399. The molecule has 0 amide bonds. The predicted octanol–water partition coefficient (Wildman–Crippen LogP) is 5.87. The average Bonchev–Trinajstić information content (AvgIpc) is 2.16. The third kappa shape index (κ3) is 4.15. The number of hydrogen-bond donors (Lipinski definition) is 0. The summed E-state index contributed by atoms with van der Waals surface area (Å²) in [5.41, 5.74) is 4.99. The van der Waals surface area contributed by atoms with Crippen molar-refractivity contribution in [3.05, 3.63) is 34.9 Å². The Hall–Kier alpha value is -0.780. The molecule has 0 radical (unpaired) electrons. The van der Waals surface area contributed by atoms with E-state index < -0.39 is 0 Å². The van der Waals surface area contributed by atoms with Crippen molar-refractivity contribution in [1.82, 2.24) is 0 Å². The Kier molecular flexibility index (Phi) is 4.30. The summed E-state index contributed by atoms with van der Waals surface area (Å²) in [5, 5.41) is 0. The maximum atomic E-state index is 2.39. The van der Waals surface area contributed by atoms with E-state index in [2.05, 4.69) is 73.6 Å². The van der Waals surface area contributed by atoms with Gasteiger partial charge in [0.05, 0.1) is 0 Å². The SMILES string of the molecule is Cc1ccc(C(CC(C)(C)C)C(C)(C)C)cc1C. The molecule has 1 aromatic carbocycles. The molecule has 0 spiro atoms. The van der Waals surface area contributed by atoms with Gasteiger partial charge < -0.3 is 0 Å². The van der Waals surface area contributed by atoms with Gasteiger partial charge in [-0.3, -0.25) is 0 Å². The minimum absolute atomic E-state index is 0.314. The van der Waals surface area contributed by atoms with Crippen LogP contribution in [0.5, 0.6) is 0 Å². The van der Waals surface area contributed by atoms with Crippen LogP contribution >= 0.6 is 0 Å². The van der Waals surface area contributed by atoms with E-state index in [1.54, 1.807) is 0 Å². The van der Waals surface area contributed by atoms with Crippen LogP contribution in [0.1, 0.15) is 70.6 Å². The van der Waals surface area contributed by atoms with E-state index in [0.29, 0.717) is 16.7 Å². The maximum absolute atomic E-state index is 2.39. The van der Waals surface area contributed by atoms with E-state index in [0.717, 1.165) is 0 Å². The van der Waals surface area contributed by atoms with Gasteiger partial charge in [0.25, 0.3) is 0 Å². The molecule has 0 bridgehead atoms. The zero-order valence-electron chi connectivity index (χ0n) is 13.5. The van der Waals surface area contributed by atoms with Gasteiger partial charge in [-0.25, -0.2) is 0 Å². The lowest BCUT2D eigenvalue weighted by Crippen LogP contribution is -2.24. The molecule has 102 valence electrons. The molecule has 0 fully saturated rings. The Morgan fingerprint density at radius 2 is 1.44 bits per heavy atom. The van der Waals surface area contributed by atoms with Gasteiger partial charge in [-0.15, -0.1) is 0 Å². The minimum atomic E-state index is 0.314. The van der Waals surface area contributed by atoms with Gasteiger partial charge in [0.2, 0.25) is 0 Å². The second kappa shape index (κ2) is 5.07. The van der Waals surface area contributed by atoms with E-state index in [1.165, 1.54) is 23.1 Å². The first-order valence-electron chi connectivity index (χ1n) is 7.08. The highest BCUT2D eigenvalue weighted by Gasteiger charge is 2.30. The molecule has 0 saturated carbocycles. The molecule has 0 aliphatic heterocycles. The van der Waals surface area contributed by atoms with Crippen molar-refractivity contribution >= 4 is 0 Å². The van der Waals surface area contributed by atoms with Crippen LogP contribution in [0.2, 0.25) is 0 Å². The molecule has 1 rings (SSSR count). The van der Waals surface area contributed by atoms with Crippen LogP contribution in [0.15, 0.2) is 18.2 Å². The molecule has 0 N–H and O–H groups in total. The fourth-order valence-corrected chi connectivity index (χ4v) is 2.52. The summed E-state index contributed by atoms with van der Waals surface area (Å²) in [6.45, 7) is 18.5. The van der Waals surface area contributed by atoms with Gasteiger partial charge in [-0.05, 0) is 53.7 Å². The van der Waals surface area contributed by atoms with E-state index in [4.69, 9.17) is 0 Å². The average molecular weight is 246 g/mol. The molecule has 1 unspecified atom stereocenters. The van der Waals surface area contributed by atoms with Crippen molar-refractivity contribution in [2.45, 2.75) is 67.7 Å². The van der Waals surface area contributed by atoms with E-state index >= 15 is 0 Å². The monoisotopic (exact) mass is 246 g/mol. The Balaban J connectivity index is 3.14. The summed E-state index contributed by atoms with van der Waals surface area (Å²) < 4.78 is 0. The normalized spacial score (nSPS) is 14.7. The van der Waals surface area contributed by atoms with Crippen molar-refractivity contribution in [2.75, 3.05) is 0 Å². The van der Waals surface area contributed by atoms with Gasteiger partial charge in [-0.1, -0.05) is 59.7 Å². The number of rotatable bonds is 2. The molecule has 1 aromatic rings. The van der Waals surface area contributed by atoms with Crippen molar-refractivity contribution < 1.29 is 0 Å². The molecule has 0 aliphatic rings. The highest BCUT2D eigenvalue weighted by Crippen LogP contribution is 2.43. The topological polar surface area (TPSA) is 0 Å². The fourth-order valence-electron chi connectivity index (χ4n) is 2.52. The molecule has 0 saturated heterocycles. The lowest BCUT2D eigenvalue weighted by atomic mass is 9.69. The molecule has 0 aromatic heterocycles. The second-order valence-electron chi connectivity index (χ2n) is 8.03. The lowest BCUT2D eigenvalue weighted by molar-refractivity contribution is 0.229. The Morgan fingerprint density at radius 1 is 0.889 bits per heavy atom. The summed E-state index contributed by atoms with van der Waals surface area (Å²) in [6.07, 6.45) is 1.24. The van der Waals surface area contributed by atoms with Gasteiger partial charge in [0.1, 0.15) is 0 Å². The van der Waals surface area contributed by atoms with Crippen molar-refractivity contribution in [2.24, 2.45) is 10.8 Å². The van der Waals surface area contributed by atoms with Crippen molar-refractivity contribution in [1.29, 1.82) is 0 Å². The van der Waals surface area contributed by atoms with Crippen LogP contribution in [0.25, 0.3) is 0 Å². The summed E-state index contributed by atoms with van der Waals surface area (Å²) in [4.78, 5) is 0. The van der Waals surface area contributed by atoms with Gasteiger partial charge in [-0.2, -0.15) is 0 Å². The van der Waals surface area contributed by atoms with Crippen LogP contribution in [0.3, 0.4) is 0 Å². The lowest BCUT2D eigenvalue weighted by Gasteiger charge is -2.36. The van der Waals surface area contributed by atoms with Crippen molar-refractivity contribution in [3.8, 4) is 0 Å². The van der Waals surface area contributed by atoms with Gasteiger partial charge >= 0.3 is 0 Å². The molecule has 1 atom stereocenters. The summed E-state index contributed by atoms with van der Waals surface area (Å²) in [7, 11) is 0. The van der Waals surface area contributed by atoms with E-state index in [-0.39, 0.29) is 0 Å². The summed E-state index contributed by atoms with van der Waals surface area (Å²) in [5.74, 6) is 0.622. The van der Waals surface area contributed by atoms with E-state index in [1.807, 2.05) is 0 Å². The van der Waals surface area contributed by atoms with E-state index in [9.17, 15) is 0 Å². The molecule has 18 heavy (non-hydrogen) atoms. The third-order valence-electron chi connectivity index (χ3n) is 3.80. The number of hydrogen-bond acceptors (Lipinski definition) is 0. The summed E-state index contributed by atoms with van der Waals surface area (Å²) >= 11 is 0. The standard InChI is InChI=1S/C18H30/c1-13-9-10-15(11-14(13)2)16(18(6,7)8)12-17(3,4)5/h9-11,16H,12H2,1-8H3. The van der Waals surface area contributed by atoms with Crippen molar-refractivity contribution in [3.63, 3.8) is 0 Å². The number of benzene rings is 1. The number of aryl methyl sites for hydroxylation is 2. The molecule has 0 heteroatoms. The van der Waals surface area contributed by atoms with Gasteiger partial charge in [0.15, 0.2) is 0 Å².